The van der Waals surface area contributed by atoms with Crippen LogP contribution >= 0.6 is 0 Å². The second-order valence-corrected chi connectivity index (χ2v) is 9.65. The first-order valence-electron chi connectivity index (χ1n) is 12.6. The van der Waals surface area contributed by atoms with Crippen LogP contribution in [0.4, 0.5) is 0 Å². The molecule has 0 spiro atoms. The highest BCUT2D eigenvalue weighted by Gasteiger charge is 2.37. The molecule has 34 heavy (non-hydrogen) atoms. The number of aliphatic hydroxyl groups excluding tert-OH is 1. The Balaban J connectivity index is 2.24. The zero-order chi connectivity index (χ0) is 25.1. The van der Waals surface area contributed by atoms with E-state index in [1.807, 2.05) is 44.2 Å². The van der Waals surface area contributed by atoms with Gasteiger partial charge < -0.3 is 19.5 Å². The number of amides is 1. The van der Waals surface area contributed by atoms with Gasteiger partial charge in [0.25, 0.3) is 5.91 Å². The monoisotopic (exact) mass is 475 g/mol. The zero-order valence-corrected chi connectivity index (χ0v) is 21.1. The van der Waals surface area contributed by atoms with E-state index < -0.39 is 36.3 Å². The molecule has 1 heterocycles. The van der Waals surface area contributed by atoms with Crippen molar-refractivity contribution in [3.63, 3.8) is 0 Å². The average Bonchev–Trinajstić information content (AvgIpc) is 2.79. The summed E-state index contributed by atoms with van der Waals surface area (Å²) in [5, 5.41) is 11.0. The number of likely N-dealkylation sites (N-methyl/N-ethyl adjacent to an activating group) is 1. The van der Waals surface area contributed by atoms with Crippen molar-refractivity contribution in [2.75, 3.05) is 7.05 Å². The Hall–Kier alpha value is -2.41. The number of rotatable bonds is 9. The van der Waals surface area contributed by atoms with E-state index in [-0.39, 0.29) is 24.7 Å². The number of ether oxygens (including phenoxy) is 2. The molecule has 1 aromatic carbocycles. The van der Waals surface area contributed by atoms with Gasteiger partial charge in [0, 0.05) is 7.05 Å². The molecule has 2 unspecified atom stereocenters. The molecule has 0 bridgehead atoms. The molecule has 2 rings (SSSR count). The number of esters is 2. The van der Waals surface area contributed by atoms with Crippen molar-refractivity contribution < 1.29 is 29.0 Å². The minimum absolute atomic E-state index is 0.0940. The van der Waals surface area contributed by atoms with Crippen molar-refractivity contribution in [2.24, 2.45) is 5.92 Å². The Morgan fingerprint density at radius 3 is 2.26 bits per heavy atom. The van der Waals surface area contributed by atoms with Gasteiger partial charge in [-0.05, 0) is 30.7 Å². The first kappa shape index (κ1) is 27.8. The van der Waals surface area contributed by atoms with Gasteiger partial charge in [0.15, 0.2) is 6.10 Å². The Morgan fingerprint density at radius 2 is 1.62 bits per heavy atom. The van der Waals surface area contributed by atoms with Crippen molar-refractivity contribution >= 4 is 17.8 Å². The molecule has 190 valence electrons. The highest BCUT2D eigenvalue weighted by atomic mass is 16.6. The third-order valence-electron chi connectivity index (χ3n) is 6.38. The predicted octanol–water partition coefficient (Wildman–Crippen LogP) is 4.05. The quantitative estimate of drug-likeness (QED) is 0.428. The standard InChI is InChI=1S/C27H41NO6/c1-5-6-7-8-12-15-21-17-24(30)34-26(19(2)3)27(32)28(4)22(23(29)18-25(31)33-21)16-20-13-10-9-11-14-20/h9-11,13-14,19,21-23,26,29H,5-8,12,15-18H2,1-4H3/t21?,22-,23+,26?/m0/s1. The fourth-order valence-corrected chi connectivity index (χ4v) is 4.32. The molecule has 1 amide bonds. The maximum Gasteiger partial charge on any atom is 0.310 e. The maximum atomic E-state index is 13.4. The summed E-state index contributed by atoms with van der Waals surface area (Å²) in [7, 11) is 1.58. The lowest BCUT2D eigenvalue weighted by molar-refractivity contribution is -0.171. The van der Waals surface area contributed by atoms with Crippen LogP contribution in [0.25, 0.3) is 0 Å². The van der Waals surface area contributed by atoms with E-state index in [1.54, 1.807) is 7.05 Å². The summed E-state index contributed by atoms with van der Waals surface area (Å²) in [5.74, 6) is -1.74. The zero-order valence-electron chi connectivity index (χ0n) is 21.1. The number of nitrogens with zero attached hydrogens (tertiary/aromatic N) is 1. The fourth-order valence-electron chi connectivity index (χ4n) is 4.32. The van der Waals surface area contributed by atoms with Crippen LogP contribution in [0.2, 0.25) is 0 Å². The van der Waals surface area contributed by atoms with Gasteiger partial charge in [0.05, 0.1) is 25.0 Å². The number of benzene rings is 1. The SMILES string of the molecule is CCCCCCCC1CC(=O)OC(C(C)C)C(=O)N(C)[C@@H](Cc2ccccc2)[C@H](O)CC(=O)O1. The summed E-state index contributed by atoms with van der Waals surface area (Å²) in [6.07, 6.45) is 3.06. The molecule has 0 aliphatic carbocycles. The third kappa shape index (κ3) is 8.75. The van der Waals surface area contributed by atoms with Crippen molar-refractivity contribution in [1.29, 1.82) is 0 Å². The van der Waals surface area contributed by atoms with Gasteiger partial charge in [-0.25, -0.2) is 0 Å². The molecular weight excluding hydrogens is 434 g/mol. The van der Waals surface area contributed by atoms with E-state index in [4.69, 9.17) is 9.47 Å². The molecule has 1 fully saturated rings. The second kappa shape index (κ2) is 14.1. The molecule has 1 aliphatic heterocycles. The van der Waals surface area contributed by atoms with E-state index in [9.17, 15) is 19.5 Å². The summed E-state index contributed by atoms with van der Waals surface area (Å²) < 4.78 is 11.2. The molecular formula is C27H41NO6. The van der Waals surface area contributed by atoms with Crippen molar-refractivity contribution in [3.05, 3.63) is 35.9 Å². The Kier molecular flexibility index (Phi) is 11.5. The highest BCUT2D eigenvalue weighted by Crippen LogP contribution is 2.22. The van der Waals surface area contributed by atoms with Crippen molar-refractivity contribution in [1.82, 2.24) is 4.90 Å². The molecule has 4 atom stereocenters. The number of unbranched alkanes of at least 4 members (excludes halogenated alkanes) is 4. The molecule has 1 N–H and O–H groups in total. The van der Waals surface area contributed by atoms with Crippen LogP contribution in [-0.2, 0) is 30.3 Å². The predicted molar refractivity (Wildman–Crippen MR) is 130 cm³/mol. The van der Waals surface area contributed by atoms with E-state index in [1.165, 1.54) is 4.90 Å². The van der Waals surface area contributed by atoms with E-state index in [2.05, 4.69) is 6.92 Å². The Morgan fingerprint density at radius 1 is 0.971 bits per heavy atom. The normalized spacial score (nSPS) is 24.9. The topological polar surface area (TPSA) is 93.1 Å². The molecule has 0 saturated carbocycles. The molecule has 7 heteroatoms. The van der Waals surface area contributed by atoms with Crippen LogP contribution < -0.4 is 0 Å². The van der Waals surface area contributed by atoms with E-state index in [0.29, 0.717) is 12.8 Å². The van der Waals surface area contributed by atoms with Crippen molar-refractivity contribution in [3.8, 4) is 0 Å². The van der Waals surface area contributed by atoms with Gasteiger partial charge in [0.2, 0.25) is 0 Å². The number of carbonyl (C=O) groups excluding carboxylic acids is 3. The second-order valence-electron chi connectivity index (χ2n) is 9.65. The molecule has 0 aromatic heterocycles. The lowest BCUT2D eigenvalue weighted by Crippen LogP contribution is -2.52. The number of hydrogen-bond donors (Lipinski definition) is 1. The van der Waals surface area contributed by atoms with E-state index >= 15 is 0 Å². The smallest absolute Gasteiger partial charge is 0.310 e. The van der Waals surface area contributed by atoms with Crippen LogP contribution in [0.5, 0.6) is 0 Å². The van der Waals surface area contributed by atoms with Gasteiger partial charge in [-0.2, -0.15) is 0 Å². The number of hydrogen-bond acceptors (Lipinski definition) is 6. The average molecular weight is 476 g/mol. The van der Waals surface area contributed by atoms with Crippen LogP contribution in [0.15, 0.2) is 30.3 Å². The van der Waals surface area contributed by atoms with E-state index in [0.717, 1.165) is 37.7 Å². The summed E-state index contributed by atoms with van der Waals surface area (Å²) in [6, 6.07) is 8.81. The van der Waals surface area contributed by atoms with Gasteiger partial charge in [-0.1, -0.05) is 76.8 Å². The molecule has 1 aromatic rings. The van der Waals surface area contributed by atoms with Crippen LogP contribution in [0.1, 0.15) is 77.7 Å². The maximum absolute atomic E-state index is 13.4. The summed E-state index contributed by atoms with van der Waals surface area (Å²) in [6.45, 7) is 5.79. The van der Waals surface area contributed by atoms with Gasteiger partial charge >= 0.3 is 11.9 Å². The lowest BCUT2D eigenvalue weighted by Gasteiger charge is -2.35. The minimum Gasteiger partial charge on any atom is -0.462 e. The summed E-state index contributed by atoms with van der Waals surface area (Å²) >= 11 is 0. The fraction of sp³-hybridized carbons (Fsp3) is 0.667. The molecule has 7 nitrogen and oxygen atoms in total. The van der Waals surface area contributed by atoms with Gasteiger partial charge in [0.1, 0.15) is 6.10 Å². The Labute approximate surface area is 203 Å². The lowest BCUT2D eigenvalue weighted by atomic mass is 9.96. The number of cyclic esters (lactones) is 2. The Bertz CT molecular complexity index is 781. The molecule has 0 radical (unpaired) electrons. The summed E-state index contributed by atoms with van der Waals surface area (Å²) in [4.78, 5) is 40.2. The number of carbonyl (C=O) groups is 3. The number of aliphatic hydroxyl groups is 1. The molecule has 1 aliphatic rings. The van der Waals surface area contributed by atoms with Crippen LogP contribution in [0.3, 0.4) is 0 Å². The van der Waals surface area contributed by atoms with Gasteiger partial charge in [-0.15, -0.1) is 0 Å². The first-order chi connectivity index (χ1) is 16.2. The van der Waals surface area contributed by atoms with Crippen LogP contribution in [0, 0.1) is 5.92 Å². The van der Waals surface area contributed by atoms with Crippen LogP contribution in [-0.4, -0.2) is 59.3 Å². The third-order valence-corrected chi connectivity index (χ3v) is 6.38. The molecule has 1 saturated heterocycles. The summed E-state index contributed by atoms with van der Waals surface area (Å²) in [5.41, 5.74) is 0.926. The van der Waals surface area contributed by atoms with Crippen molar-refractivity contribution in [2.45, 2.75) is 103 Å². The highest BCUT2D eigenvalue weighted by molar-refractivity contribution is 5.84. The van der Waals surface area contributed by atoms with Gasteiger partial charge in [-0.3, -0.25) is 14.4 Å². The minimum atomic E-state index is -1.12. The largest absolute Gasteiger partial charge is 0.462 e. The first-order valence-corrected chi connectivity index (χ1v) is 12.6.